The number of halogens is 6. The van der Waals surface area contributed by atoms with Gasteiger partial charge in [-0.3, -0.25) is 0 Å². The van der Waals surface area contributed by atoms with Gasteiger partial charge >= 0.3 is 12.4 Å². The highest BCUT2D eigenvalue weighted by Crippen LogP contribution is 2.54. The number of ether oxygens (including phenoxy) is 2. The standard InChI is InChI=1S/C30H16F6N4O4S/c31-29(32,33)11-17(7-19(13-37)14-38)9-21-1-3-23(43-21)27-25-26(42-6-5-41-25)28(45-27)24-4-2-22(44-24)10-18(12-30(34,35)36)8-20(15-39)16-40/h1-4,7-10H,5-6,11-12H2/b17-9+,18-10+. The van der Waals surface area contributed by atoms with Crippen molar-refractivity contribution in [2.45, 2.75) is 25.2 Å². The van der Waals surface area contributed by atoms with E-state index in [-0.39, 0.29) is 58.9 Å². The third kappa shape index (κ3) is 8.47. The van der Waals surface area contributed by atoms with Crippen LogP contribution in [0.4, 0.5) is 26.3 Å². The lowest BCUT2D eigenvalue weighted by Crippen LogP contribution is -2.14. The van der Waals surface area contributed by atoms with E-state index >= 15 is 0 Å². The van der Waals surface area contributed by atoms with Gasteiger partial charge in [-0.2, -0.15) is 47.4 Å². The third-order valence-corrected chi connectivity index (χ3v) is 6.89. The molecule has 8 nitrogen and oxygen atoms in total. The molecule has 0 radical (unpaired) electrons. The minimum Gasteiger partial charge on any atom is -0.484 e. The highest BCUT2D eigenvalue weighted by atomic mass is 32.1. The Balaban J connectivity index is 1.73. The Morgan fingerprint density at radius 1 is 0.667 bits per heavy atom. The van der Waals surface area contributed by atoms with E-state index in [9.17, 15) is 26.3 Å². The van der Waals surface area contributed by atoms with Gasteiger partial charge < -0.3 is 18.3 Å². The molecule has 0 saturated heterocycles. The number of hydrogen-bond donors (Lipinski definition) is 0. The molecule has 15 heteroatoms. The number of hydrogen-bond acceptors (Lipinski definition) is 9. The molecule has 3 aromatic heterocycles. The Hall–Kier alpha value is -5.64. The molecular weight excluding hydrogens is 626 g/mol. The highest BCUT2D eigenvalue weighted by molar-refractivity contribution is 7.19. The van der Waals surface area contributed by atoms with Gasteiger partial charge in [0, 0.05) is 0 Å². The lowest BCUT2D eigenvalue weighted by atomic mass is 10.1. The maximum absolute atomic E-state index is 13.1. The Morgan fingerprint density at radius 3 is 1.38 bits per heavy atom. The fraction of sp³-hybridized carbons (Fsp3) is 0.200. The largest absolute Gasteiger partial charge is 0.484 e. The summed E-state index contributed by atoms with van der Waals surface area (Å²) in [6.07, 6.45) is -8.37. The number of allylic oxidation sites excluding steroid dienone is 6. The third-order valence-electron chi connectivity index (χ3n) is 5.71. The van der Waals surface area contributed by atoms with E-state index in [0.717, 1.165) is 35.6 Å². The van der Waals surface area contributed by atoms with Crippen molar-refractivity contribution >= 4 is 23.5 Å². The summed E-state index contributed by atoms with van der Waals surface area (Å²) in [6.45, 7) is 0.323. The van der Waals surface area contributed by atoms with Crippen molar-refractivity contribution < 1.29 is 44.7 Å². The van der Waals surface area contributed by atoms with E-state index in [2.05, 4.69) is 0 Å². The van der Waals surface area contributed by atoms with E-state index in [1.54, 1.807) is 0 Å². The maximum atomic E-state index is 13.1. The van der Waals surface area contributed by atoms with E-state index in [4.69, 9.17) is 39.4 Å². The first-order valence-electron chi connectivity index (χ1n) is 12.5. The van der Waals surface area contributed by atoms with Crippen LogP contribution in [0.1, 0.15) is 24.4 Å². The number of thiophene rings is 1. The highest BCUT2D eigenvalue weighted by Gasteiger charge is 2.31. The number of rotatable bonds is 8. The van der Waals surface area contributed by atoms with Crippen molar-refractivity contribution in [3.8, 4) is 57.1 Å². The predicted octanol–water partition coefficient (Wildman–Crippen LogP) is 8.66. The lowest BCUT2D eigenvalue weighted by Gasteiger charge is -2.16. The summed E-state index contributed by atoms with van der Waals surface area (Å²) < 4.78 is 102. The number of nitriles is 4. The SMILES string of the molecule is N#CC(C#N)=C/C(=C\c1ccc(-c2sc(-c3ccc(/C=C(\C=C(C#N)C#N)CC(F)(F)F)o3)c3c2OCCO3)o1)CC(F)(F)F. The Bertz CT molecular complexity index is 1730. The molecule has 0 unspecified atom stereocenters. The minimum absolute atomic E-state index is 0.0130. The molecule has 1 aliphatic rings. The van der Waals surface area contributed by atoms with Gasteiger partial charge in [-0.05, 0) is 59.7 Å². The zero-order chi connectivity index (χ0) is 32.8. The number of fused-ring (bicyclic) bond motifs is 1. The minimum atomic E-state index is -4.63. The van der Waals surface area contributed by atoms with Crippen LogP contribution in [-0.2, 0) is 0 Å². The molecule has 3 aromatic rings. The maximum Gasteiger partial charge on any atom is 0.393 e. The van der Waals surface area contributed by atoms with Crippen LogP contribution in [0.5, 0.6) is 11.5 Å². The van der Waals surface area contributed by atoms with Gasteiger partial charge in [-0.15, -0.1) is 11.3 Å². The topological polar surface area (TPSA) is 140 Å². The first-order valence-corrected chi connectivity index (χ1v) is 13.4. The molecule has 0 N–H and O–H groups in total. The molecule has 0 fully saturated rings. The fourth-order valence-corrected chi connectivity index (χ4v) is 5.16. The number of nitrogens with zero attached hydrogens (tertiary/aromatic N) is 4. The quantitative estimate of drug-likeness (QED) is 0.135. The monoisotopic (exact) mass is 642 g/mol. The van der Waals surface area contributed by atoms with Gasteiger partial charge in [0.15, 0.2) is 11.5 Å². The van der Waals surface area contributed by atoms with E-state index in [1.165, 1.54) is 48.5 Å². The summed E-state index contributed by atoms with van der Waals surface area (Å²) in [7, 11) is 0. The molecular formula is C30H16F6N4O4S. The second kappa shape index (κ2) is 13.3. The molecule has 0 bridgehead atoms. The summed E-state index contributed by atoms with van der Waals surface area (Å²) >= 11 is 1.07. The second-order valence-electron chi connectivity index (χ2n) is 9.11. The van der Waals surface area contributed by atoms with Crippen LogP contribution in [0, 0.1) is 45.3 Å². The van der Waals surface area contributed by atoms with Crippen molar-refractivity contribution in [2.75, 3.05) is 13.2 Å². The number of alkyl halides is 6. The molecule has 1 aliphatic heterocycles. The van der Waals surface area contributed by atoms with Gasteiger partial charge in [0.1, 0.15) is 81.4 Å². The lowest BCUT2D eigenvalue weighted by molar-refractivity contribution is -0.127. The van der Waals surface area contributed by atoms with Crippen LogP contribution in [0.15, 0.2) is 67.5 Å². The molecule has 45 heavy (non-hydrogen) atoms. The van der Waals surface area contributed by atoms with Crippen LogP contribution >= 0.6 is 11.3 Å². The van der Waals surface area contributed by atoms with E-state index in [0.29, 0.717) is 9.75 Å². The first-order chi connectivity index (χ1) is 21.3. The Morgan fingerprint density at radius 2 is 1.04 bits per heavy atom. The molecule has 0 amide bonds. The summed E-state index contributed by atoms with van der Waals surface area (Å²) in [5.74, 6) is 0.835. The Labute approximate surface area is 254 Å². The summed E-state index contributed by atoms with van der Waals surface area (Å²) in [5, 5.41) is 35.9. The average molecular weight is 643 g/mol. The molecule has 0 spiro atoms. The smallest absolute Gasteiger partial charge is 0.393 e. The average Bonchev–Trinajstić information content (AvgIpc) is 3.71. The van der Waals surface area contributed by atoms with Crippen molar-refractivity contribution in [1.82, 2.24) is 0 Å². The molecule has 0 aromatic carbocycles. The fourth-order valence-electron chi connectivity index (χ4n) is 4.05. The summed E-state index contributed by atoms with van der Waals surface area (Å²) in [5.41, 5.74) is -1.82. The van der Waals surface area contributed by atoms with Gasteiger partial charge in [0.2, 0.25) is 0 Å². The van der Waals surface area contributed by atoms with Gasteiger partial charge in [-0.1, -0.05) is 0 Å². The molecule has 0 saturated carbocycles. The van der Waals surface area contributed by atoms with E-state index in [1.807, 2.05) is 0 Å². The van der Waals surface area contributed by atoms with Crippen molar-refractivity contribution in [1.29, 1.82) is 21.0 Å². The van der Waals surface area contributed by atoms with E-state index < -0.39 is 36.3 Å². The molecule has 0 atom stereocenters. The number of furan rings is 2. The normalized spacial score (nSPS) is 13.2. The predicted molar refractivity (Wildman–Crippen MR) is 147 cm³/mol. The van der Waals surface area contributed by atoms with Crippen LogP contribution in [0.2, 0.25) is 0 Å². The molecule has 228 valence electrons. The van der Waals surface area contributed by atoms with Crippen LogP contribution < -0.4 is 9.47 Å². The summed E-state index contributed by atoms with van der Waals surface area (Å²) in [6, 6.07) is 11.8. The zero-order valence-corrected chi connectivity index (χ0v) is 23.4. The van der Waals surface area contributed by atoms with Gasteiger partial charge in [0.05, 0.1) is 12.8 Å². The molecule has 4 heterocycles. The van der Waals surface area contributed by atoms with Crippen molar-refractivity contribution in [3.63, 3.8) is 0 Å². The zero-order valence-electron chi connectivity index (χ0n) is 22.5. The van der Waals surface area contributed by atoms with Crippen LogP contribution in [0.3, 0.4) is 0 Å². The van der Waals surface area contributed by atoms with Crippen LogP contribution in [-0.4, -0.2) is 25.6 Å². The first kappa shape index (κ1) is 32.3. The second-order valence-corrected chi connectivity index (χ2v) is 10.1. The van der Waals surface area contributed by atoms with Crippen LogP contribution in [0.25, 0.3) is 33.4 Å². The van der Waals surface area contributed by atoms with Gasteiger partial charge in [-0.25, -0.2) is 0 Å². The molecule has 4 rings (SSSR count). The Kier molecular flexibility index (Phi) is 9.57. The van der Waals surface area contributed by atoms with Crippen molar-refractivity contribution in [2.24, 2.45) is 0 Å². The molecule has 0 aliphatic carbocycles. The van der Waals surface area contributed by atoms with Crippen molar-refractivity contribution in [3.05, 3.63) is 70.2 Å². The van der Waals surface area contributed by atoms with Gasteiger partial charge in [0.25, 0.3) is 0 Å². The summed E-state index contributed by atoms with van der Waals surface area (Å²) in [4.78, 5) is 0.757.